The molecule has 0 saturated heterocycles. The van der Waals surface area contributed by atoms with Crippen LogP contribution >= 0.6 is 23.4 Å². The molecular formula is C11H13ClO3S. The number of aldehydes is 1. The summed E-state index contributed by atoms with van der Waals surface area (Å²) in [7, 11) is 1.52. The van der Waals surface area contributed by atoms with E-state index in [1.807, 2.05) is 6.26 Å². The fourth-order valence-electron chi connectivity index (χ4n) is 1.21. The van der Waals surface area contributed by atoms with Crippen molar-refractivity contribution in [1.82, 2.24) is 0 Å². The Bertz CT molecular complexity index is 368. The van der Waals surface area contributed by atoms with Crippen molar-refractivity contribution in [2.75, 3.05) is 25.7 Å². The predicted molar refractivity (Wildman–Crippen MR) is 67.3 cm³/mol. The quantitative estimate of drug-likeness (QED) is 0.582. The summed E-state index contributed by atoms with van der Waals surface area (Å²) in [5.41, 5.74) is 0.408. The molecule has 0 N–H and O–H groups in total. The Balaban J connectivity index is 2.97. The van der Waals surface area contributed by atoms with Crippen LogP contribution in [0.1, 0.15) is 10.4 Å². The summed E-state index contributed by atoms with van der Waals surface area (Å²) < 4.78 is 10.6. The van der Waals surface area contributed by atoms with E-state index in [0.29, 0.717) is 35.0 Å². The van der Waals surface area contributed by atoms with Gasteiger partial charge in [-0.2, -0.15) is 11.8 Å². The number of thioether (sulfide) groups is 1. The molecule has 0 aliphatic heterocycles. The van der Waals surface area contributed by atoms with Crippen LogP contribution in [0.5, 0.6) is 11.5 Å². The number of halogens is 1. The van der Waals surface area contributed by atoms with Crippen molar-refractivity contribution in [3.05, 3.63) is 22.7 Å². The summed E-state index contributed by atoms with van der Waals surface area (Å²) in [6.07, 6.45) is 2.70. The molecule has 0 aliphatic rings. The van der Waals surface area contributed by atoms with E-state index in [2.05, 4.69) is 0 Å². The molecule has 1 aromatic rings. The molecule has 3 nitrogen and oxygen atoms in total. The van der Waals surface area contributed by atoms with E-state index in [4.69, 9.17) is 21.1 Å². The summed E-state index contributed by atoms with van der Waals surface area (Å²) in [4.78, 5) is 10.9. The van der Waals surface area contributed by atoms with Crippen LogP contribution in [0.15, 0.2) is 12.1 Å². The summed E-state index contributed by atoms with van der Waals surface area (Å²) >= 11 is 7.51. The van der Waals surface area contributed by atoms with Gasteiger partial charge in [-0.25, -0.2) is 0 Å². The number of methoxy groups -OCH3 is 1. The Morgan fingerprint density at radius 3 is 2.81 bits per heavy atom. The molecular weight excluding hydrogens is 248 g/mol. The fourth-order valence-corrected chi connectivity index (χ4v) is 1.68. The minimum Gasteiger partial charge on any atom is -0.493 e. The third-order valence-corrected chi connectivity index (χ3v) is 2.72. The second-order valence-corrected chi connectivity index (χ2v) is 4.41. The van der Waals surface area contributed by atoms with E-state index in [9.17, 15) is 4.79 Å². The normalized spacial score (nSPS) is 9.94. The zero-order valence-corrected chi connectivity index (χ0v) is 10.7. The van der Waals surface area contributed by atoms with Crippen molar-refractivity contribution in [3.8, 4) is 11.5 Å². The van der Waals surface area contributed by atoms with E-state index in [1.54, 1.807) is 23.9 Å². The van der Waals surface area contributed by atoms with E-state index in [-0.39, 0.29) is 0 Å². The topological polar surface area (TPSA) is 35.5 Å². The number of hydrogen-bond donors (Lipinski definition) is 0. The minimum absolute atomic E-state index is 0.408. The number of hydrogen-bond acceptors (Lipinski definition) is 4. The van der Waals surface area contributed by atoms with Crippen LogP contribution in [0.25, 0.3) is 0 Å². The molecule has 0 spiro atoms. The first kappa shape index (κ1) is 13.2. The van der Waals surface area contributed by atoms with Crippen molar-refractivity contribution in [1.29, 1.82) is 0 Å². The van der Waals surface area contributed by atoms with E-state index in [1.165, 1.54) is 7.11 Å². The first-order valence-corrected chi connectivity index (χ1v) is 6.44. The monoisotopic (exact) mass is 260 g/mol. The van der Waals surface area contributed by atoms with Crippen LogP contribution in [-0.4, -0.2) is 32.0 Å². The largest absolute Gasteiger partial charge is 0.493 e. The molecule has 0 saturated carbocycles. The highest BCUT2D eigenvalue weighted by molar-refractivity contribution is 7.98. The highest BCUT2D eigenvalue weighted by atomic mass is 35.5. The average Bonchev–Trinajstić information content (AvgIpc) is 2.30. The second-order valence-electron chi connectivity index (χ2n) is 2.99. The van der Waals surface area contributed by atoms with Crippen molar-refractivity contribution in [2.24, 2.45) is 0 Å². The first-order chi connectivity index (χ1) is 7.72. The summed E-state index contributed by atoms with van der Waals surface area (Å²) in [5.74, 6) is 1.79. The van der Waals surface area contributed by atoms with Gasteiger partial charge in [0.2, 0.25) is 0 Å². The Morgan fingerprint density at radius 1 is 1.50 bits per heavy atom. The lowest BCUT2D eigenvalue weighted by atomic mass is 10.2. The average molecular weight is 261 g/mol. The summed E-state index contributed by atoms with van der Waals surface area (Å²) in [5, 5.41) is 0.455. The maximum atomic E-state index is 10.9. The standard InChI is InChI=1S/C11H13ClO3S/c1-14-10-6-9(12)5-8(7-13)11(10)15-3-4-16-2/h5-7H,3-4H2,1-2H3. The van der Waals surface area contributed by atoms with Crippen LogP contribution in [0.4, 0.5) is 0 Å². The molecule has 16 heavy (non-hydrogen) atoms. The maximum absolute atomic E-state index is 10.9. The van der Waals surface area contributed by atoms with Gasteiger partial charge in [-0.1, -0.05) is 11.6 Å². The van der Waals surface area contributed by atoms with Crippen LogP contribution in [-0.2, 0) is 0 Å². The van der Waals surface area contributed by atoms with Gasteiger partial charge in [0.25, 0.3) is 0 Å². The first-order valence-electron chi connectivity index (χ1n) is 4.67. The van der Waals surface area contributed by atoms with Crippen LogP contribution in [0.3, 0.4) is 0 Å². The third-order valence-electron chi connectivity index (χ3n) is 1.93. The molecule has 88 valence electrons. The van der Waals surface area contributed by atoms with E-state index < -0.39 is 0 Å². The Hall–Kier alpha value is -0.870. The molecule has 0 amide bonds. The van der Waals surface area contributed by atoms with Crippen LogP contribution < -0.4 is 9.47 Å². The number of ether oxygens (including phenoxy) is 2. The lowest BCUT2D eigenvalue weighted by molar-refractivity contribution is 0.111. The van der Waals surface area contributed by atoms with Gasteiger partial charge in [0.1, 0.15) is 0 Å². The molecule has 0 radical (unpaired) electrons. The molecule has 0 fully saturated rings. The van der Waals surface area contributed by atoms with Gasteiger partial charge in [0, 0.05) is 16.8 Å². The lowest BCUT2D eigenvalue weighted by Crippen LogP contribution is -2.04. The Labute approximate surface area is 104 Å². The van der Waals surface area contributed by atoms with Gasteiger partial charge >= 0.3 is 0 Å². The molecule has 0 unspecified atom stereocenters. The fraction of sp³-hybridized carbons (Fsp3) is 0.364. The summed E-state index contributed by atoms with van der Waals surface area (Å²) in [6.45, 7) is 0.528. The molecule has 0 atom stereocenters. The van der Waals surface area contributed by atoms with E-state index in [0.717, 1.165) is 5.75 Å². The van der Waals surface area contributed by atoms with Gasteiger partial charge in [-0.05, 0) is 12.3 Å². The number of benzene rings is 1. The Kier molecular flexibility index (Phi) is 5.49. The van der Waals surface area contributed by atoms with Gasteiger partial charge in [0.15, 0.2) is 17.8 Å². The minimum atomic E-state index is 0.408. The molecule has 0 heterocycles. The molecule has 0 aromatic heterocycles. The molecule has 0 aliphatic carbocycles. The molecule has 5 heteroatoms. The van der Waals surface area contributed by atoms with E-state index >= 15 is 0 Å². The highest BCUT2D eigenvalue weighted by Crippen LogP contribution is 2.33. The van der Waals surface area contributed by atoms with Crippen molar-refractivity contribution < 1.29 is 14.3 Å². The maximum Gasteiger partial charge on any atom is 0.171 e. The number of rotatable bonds is 6. The SMILES string of the molecule is COc1cc(Cl)cc(C=O)c1OCCSC. The van der Waals surface area contributed by atoms with Gasteiger partial charge < -0.3 is 9.47 Å². The van der Waals surface area contributed by atoms with Crippen LogP contribution in [0.2, 0.25) is 5.02 Å². The van der Waals surface area contributed by atoms with Crippen molar-refractivity contribution in [2.45, 2.75) is 0 Å². The van der Waals surface area contributed by atoms with Gasteiger partial charge in [0.05, 0.1) is 19.3 Å². The molecule has 1 aromatic carbocycles. The number of carbonyl (C=O) groups is 1. The summed E-state index contributed by atoms with van der Waals surface area (Å²) in [6, 6.07) is 3.19. The van der Waals surface area contributed by atoms with Gasteiger partial charge in [-0.3, -0.25) is 4.79 Å². The number of carbonyl (C=O) groups excluding carboxylic acids is 1. The lowest BCUT2D eigenvalue weighted by Gasteiger charge is -2.12. The highest BCUT2D eigenvalue weighted by Gasteiger charge is 2.12. The second kappa shape index (κ2) is 6.66. The smallest absolute Gasteiger partial charge is 0.171 e. The van der Waals surface area contributed by atoms with Crippen LogP contribution in [0, 0.1) is 0 Å². The Morgan fingerprint density at radius 2 is 2.25 bits per heavy atom. The zero-order valence-electron chi connectivity index (χ0n) is 9.16. The van der Waals surface area contributed by atoms with Gasteiger partial charge in [-0.15, -0.1) is 0 Å². The zero-order chi connectivity index (χ0) is 12.0. The predicted octanol–water partition coefficient (Wildman–Crippen LogP) is 2.90. The molecule has 1 rings (SSSR count). The third kappa shape index (κ3) is 3.32. The van der Waals surface area contributed by atoms with Crippen molar-refractivity contribution >= 4 is 29.6 Å². The van der Waals surface area contributed by atoms with Crippen molar-refractivity contribution in [3.63, 3.8) is 0 Å². The molecule has 0 bridgehead atoms.